The number of nitriles is 1. The van der Waals surface area contributed by atoms with Gasteiger partial charge in [-0.15, -0.1) is 0 Å². The molecule has 0 aliphatic carbocycles. The van der Waals surface area contributed by atoms with Gasteiger partial charge in [0, 0.05) is 12.6 Å². The Kier molecular flexibility index (Phi) is 7.76. The van der Waals surface area contributed by atoms with Crippen molar-refractivity contribution in [2.75, 3.05) is 27.2 Å². The van der Waals surface area contributed by atoms with E-state index in [-0.39, 0.29) is 23.0 Å². The molecule has 0 N–H and O–H groups in total. The summed E-state index contributed by atoms with van der Waals surface area (Å²) in [6.45, 7) is 2.58. The molecule has 0 aliphatic heterocycles. The number of hydrogen-bond donors (Lipinski definition) is 0. The van der Waals surface area contributed by atoms with Gasteiger partial charge in [-0.3, -0.25) is 4.98 Å². The Morgan fingerprint density at radius 2 is 1.85 bits per heavy atom. The molecular weight excluding hydrogens is 350 g/mol. The fraction of sp³-hybridized carbons (Fsp3) is 0.350. The zero-order valence-corrected chi connectivity index (χ0v) is 16.1. The Bertz CT molecular complexity index is 703. The molecule has 0 fully saturated rings. The highest BCUT2D eigenvalue weighted by Crippen LogP contribution is 2.34. The van der Waals surface area contributed by atoms with Gasteiger partial charge in [0.05, 0.1) is 39.0 Å². The van der Waals surface area contributed by atoms with Crippen molar-refractivity contribution in [3.05, 3.63) is 66.0 Å². The maximum atomic E-state index is 12.2. The van der Waals surface area contributed by atoms with E-state index in [1.807, 2.05) is 48.5 Å². The van der Waals surface area contributed by atoms with Gasteiger partial charge in [-0.25, -0.2) is 4.48 Å². The molecular formula is C20H24ClN3O2. The SMILES string of the molecule is CCOC(=O)[N+](C)(C)CCC(C#N)(c1ccccc1)c1ccccn1.[Cl-]. The number of pyridine rings is 1. The number of ether oxygens (including phenoxy) is 1. The first-order valence-corrected chi connectivity index (χ1v) is 8.35. The lowest BCUT2D eigenvalue weighted by molar-refractivity contribution is -0.817. The highest BCUT2D eigenvalue weighted by Gasteiger charge is 2.40. The number of amides is 1. The van der Waals surface area contributed by atoms with Gasteiger partial charge in [0.1, 0.15) is 5.41 Å². The number of rotatable bonds is 6. The highest BCUT2D eigenvalue weighted by atomic mass is 35.5. The number of carbonyl (C=O) groups is 1. The van der Waals surface area contributed by atoms with Gasteiger partial charge < -0.3 is 17.1 Å². The normalized spacial score (nSPS) is 13.0. The topological polar surface area (TPSA) is 63.0 Å². The second-order valence-corrected chi connectivity index (χ2v) is 6.46. The number of hydrogen-bond acceptors (Lipinski definition) is 4. The van der Waals surface area contributed by atoms with E-state index in [1.165, 1.54) is 0 Å². The number of benzene rings is 1. The minimum absolute atomic E-state index is 0. The van der Waals surface area contributed by atoms with Gasteiger partial charge in [-0.1, -0.05) is 36.4 Å². The van der Waals surface area contributed by atoms with Crippen molar-refractivity contribution in [3.8, 4) is 6.07 Å². The summed E-state index contributed by atoms with van der Waals surface area (Å²) in [6, 6.07) is 17.6. The molecule has 0 saturated heterocycles. The molecule has 2 rings (SSSR count). The largest absolute Gasteiger partial charge is 1.00 e. The quantitative estimate of drug-likeness (QED) is 0.692. The van der Waals surface area contributed by atoms with Gasteiger partial charge in [-0.05, 0) is 24.6 Å². The van der Waals surface area contributed by atoms with Crippen LogP contribution in [0.5, 0.6) is 0 Å². The highest BCUT2D eigenvalue weighted by molar-refractivity contribution is 5.59. The van der Waals surface area contributed by atoms with Crippen LogP contribution in [0, 0.1) is 11.3 Å². The van der Waals surface area contributed by atoms with Crippen molar-refractivity contribution in [2.24, 2.45) is 0 Å². The van der Waals surface area contributed by atoms with Crippen LogP contribution >= 0.6 is 0 Å². The summed E-state index contributed by atoms with van der Waals surface area (Å²) in [5.74, 6) is 0. The number of nitrogens with zero attached hydrogens (tertiary/aromatic N) is 3. The molecule has 2 aromatic rings. The Morgan fingerprint density at radius 1 is 1.19 bits per heavy atom. The van der Waals surface area contributed by atoms with E-state index in [2.05, 4.69) is 11.1 Å². The molecule has 0 saturated carbocycles. The van der Waals surface area contributed by atoms with E-state index < -0.39 is 5.41 Å². The van der Waals surface area contributed by atoms with Gasteiger partial charge in [-0.2, -0.15) is 10.1 Å². The zero-order valence-electron chi connectivity index (χ0n) is 15.4. The summed E-state index contributed by atoms with van der Waals surface area (Å²) in [4.78, 5) is 16.6. The van der Waals surface area contributed by atoms with Crippen LogP contribution in [0.4, 0.5) is 4.79 Å². The first kappa shape index (κ1) is 21.6. The summed E-state index contributed by atoms with van der Waals surface area (Å²) in [6.07, 6.45) is 1.84. The van der Waals surface area contributed by atoms with E-state index in [9.17, 15) is 10.1 Å². The average molecular weight is 374 g/mol. The number of halogens is 1. The Balaban J connectivity index is 0.00000338. The fourth-order valence-electron chi connectivity index (χ4n) is 2.77. The predicted molar refractivity (Wildman–Crippen MR) is 95.7 cm³/mol. The van der Waals surface area contributed by atoms with Crippen molar-refractivity contribution in [1.82, 2.24) is 4.98 Å². The Morgan fingerprint density at radius 3 is 2.38 bits per heavy atom. The van der Waals surface area contributed by atoms with Crippen molar-refractivity contribution in [3.63, 3.8) is 0 Å². The van der Waals surface area contributed by atoms with Crippen LogP contribution in [0.15, 0.2) is 54.7 Å². The lowest BCUT2D eigenvalue weighted by atomic mass is 9.75. The van der Waals surface area contributed by atoms with Crippen LogP contribution in [0.1, 0.15) is 24.6 Å². The molecule has 1 amide bonds. The molecule has 26 heavy (non-hydrogen) atoms. The lowest BCUT2D eigenvalue weighted by Crippen LogP contribution is -3.00. The fourth-order valence-corrected chi connectivity index (χ4v) is 2.77. The minimum atomic E-state index is -0.912. The summed E-state index contributed by atoms with van der Waals surface area (Å²) >= 11 is 0. The number of carbonyl (C=O) groups excluding carboxylic acids is 1. The smallest absolute Gasteiger partial charge is 0.515 e. The predicted octanol–water partition coefficient (Wildman–Crippen LogP) is 0.518. The summed E-state index contributed by atoms with van der Waals surface area (Å²) in [5.41, 5.74) is 0.650. The second kappa shape index (κ2) is 9.33. The molecule has 0 bridgehead atoms. The number of quaternary nitrogens is 1. The van der Waals surface area contributed by atoms with E-state index >= 15 is 0 Å². The molecule has 0 radical (unpaired) electrons. The van der Waals surface area contributed by atoms with E-state index in [4.69, 9.17) is 4.74 Å². The number of aromatic nitrogens is 1. The maximum absolute atomic E-state index is 12.2. The minimum Gasteiger partial charge on any atom is -1.00 e. The van der Waals surface area contributed by atoms with Gasteiger partial charge in [0.15, 0.2) is 0 Å². The van der Waals surface area contributed by atoms with Crippen LogP contribution in [0.2, 0.25) is 0 Å². The molecule has 1 unspecified atom stereocenters. The van der Waals surface area contributed by atoms with E-state index in [0.717, 1.165) is 5.56 Å². The molecule has 0 aliphatic rings. The van der Waals surface area contributed by atoms with Crippen molar-refractivity contribution in [1.29, 1.82) is 5.26 Å². The molecule has 1 heterocycles. The average Bonchev–Trinajstić information content (AvgIpc) is 2.64. The standard InChI is InChI=1S/C20H24N3O2.ClH/c1-4-25-19(24)23(2,3)15-13-20(16-21,17-10-6-5-7-11-17)18-12-8-9-14-22-18;/h5-12,14H,4,13,15H2,1-3H3;1H/q+1;/p-1. The van der Waals surface area contributed by atoms with E-state index in [0.29, 0.717) is 25.3 Å². The van der Waals surface area contributed by atoms with Gasteiger partial charge in [0.2, 0.25) is 0 Å². The zero-order chi connectivity index (χ0) is 18.3. The van der Waals surface area contributed by atoms with Gasteiger partial charge >= 0.3 is 6.09 Å². The summed E-state index contributed by atoms with van der Waals surface area (Å²) in [5, 5.41) is 10.1. The first-order chi connectivity index (χ1) is 12.0. The third-order valence-corrected chi connectivity index (χ3v) is 4.37. The molecule has 1 aromatic heterocycles. The second-order valence-electron chi connectivity index (χ2n) is 6.46. The third kappa shape index (κ3) is 4.60. The summed E-state index contributed by atoms with van der Waals surface area (Å²) in [7, 11) is 3.59. The van der Waals surface area contributed by atoms with Crippen LogP contribution in [-0.4, -0.2) is 42.8 Å². The van der Waals surface area contributed by atoms with Crippen molar-refractivity contribution < 1.29 is 26.4 Å². The van der Waals surface area contributed by atoms with Gasteiger partial charge in [0.25, 0.3) is 0 Å². The van der Waals surface area contributed by atoms with E-state index in [1.54, 1.807) is 27.2 Å². The van der Waals surface area contributed by atoms with Crippen LogP contribution < -0.4 is 12.4 Å². The van der Waals surface area contributed by atoms with Crippen LogP contribution in [-0.2, 0) is 10.2 Å². The molecule has 138 valence electrons. The molecule has 6 heteroatoms. The Labute approximate surface area is 161 Å². The van der Waals surface area contributed by atoms with Crippen molar-refractivity contribution in [2.45, 2.75) is 18.8 Å². The van der Waals surface area contributed by atoms with Crippen LogP contribution in [0.25, 0.3) is 0 Å². The summed E-state index contributed by atoms with van der Waals surface area (Å²) < 4.78 is 5.20. The first-order valence-electron chi connectivity index (χ1n) is 8.35. The molecule has 5 nitrogen and oxygen atoms in total. The molecule has 1 aromatic carbocycles. The molecule has 1 atom stereocenters. The third-order valence-electron chi connectivity index (χ3n) is 4.37. The molecule has 0 spiro atoms. The lowest BCUT2D eigenvalue weighted by Gasteiger charge is -2.31. The van der Waals surface area contributed by atoms with Crippen molar-refractivity contribution >= 4 is 6.09 Å². The Hall–Kier alpha value is -2.42. The monoisotopic (exact) mass is 373 g/mol. The van der Waals surface area contributed by atoms with Crippen LogP contribution in [0.3, 0.4) is 0 Å². The maximum Gasteiger partial charge on any atom is 0.515 e.